The van der Waals surface area contributed by atoms with E-state index in [2.05, 4.69) is 20.8 Å². The van der Waals surface area contributed by atoms with E-state index in [-0.39, 0.29) is 0 Å². The van der Waals surface area contributed by atoms with Crippen LogP contribution in [0.2, 0.25) is 0 Å². The lowest BCUT2D eigenvalue weighted by Gasteiger charge is -2.06. The molecule has 0 amide bonds. The Balaban J connectivity index is 2.54. The first-order chi connectivity index (χ1) is 8.69. The summed E-state index contributed by atoms with van der Waals surface area (Å²) < 4.78 is 1.86. The minimum atomic E-state index is 0.451. The zero-order valence-corrected chi connectivity index (χ0v) is 11.4. The standard InChI is InChI=1S/C15H21N3/c1-4-11(3)14-13(5-2)15(16)18(17-14)12-9-7-6-8-10-12/h6-11H,4-5,16H2,1-3H3. The van der Waals surface area contributed by atoms with Crippen LogP contribution < -0.4 is 5.73 Å². The summed E-state index contributed by atoms with van der Waals surface area (Å²) in [5.41, 5.74) is 9.60. The molecule has 0 aliphatic rings. The molecule has 2 N–H and O–H groups in total. The molecule has 96 valence electrons. The van der Waals surface area contributed by atoms with Gasteiger partial charge in [0.2, 0.25) is 0 Å². The second kappa shape index (κ2) is 5.25. The van der Waals surface area contributed by atoms with E-state index in [1.807, 2.05) is 35.0 Å². The molecule has 0 aliphatic carbocycles. The molecule has 2 aromatic rings. The van der Waals surface area contributed by atoms with Crippen molar-refractivity contribution in [2.75, 3.05) is 5.73 Å². The molecule has 1 unspecified atom stereocenters. The topological polar surface area (TPSA) is 43.8 Å². The maximum Gasteiger partial charge on any atom is 0.130 e. The Labute approximate surface area is 109 Å². The van der Waals surface area contributed by atoms with Gasteiger partial charge in [0.15, 0.2) is 0 Å². The molecule has 18 heavy (non-hydrogen) atoms. The maximum atomic E-state index is 6.24. The van der Waals surface area contributed by atoms with Gasteiger partial charge in [0, 0.05) is 11.5 Å². The summed E-state index contributed by atoms with van der Waals surface area (Å²) in [7, 11) is 0. The number of hydrogen-bond acceptors (Lipinski definition) is 2. The summed E-state index contributed by atoms with van der Waals surface area (Å²) in [4.78, 5) is 0. The Morgan fingerprint density at radius 3 is 2.44 bits per heavy atom. The summed E-state index contributed by atoms with van der Waals surface area (Å²) in [6.45, 7) is 6.52. The lowest BCUT2D eigenvalue weighted by atomic mass is 10.00. The highest BCUT2D eigenvalue weighted by atomic mass is 15.3. The number of rotatable bonds is 4. The van der Waals surface area contributed by atoms with Crippen LogP contribution in [-0.4, -0.2) is 9.78 Å². The van der Waals surface area contributed by atoms with E-state index >= 15 is 0 Å². The Hall–Kier alpha value is -1.77. The van der Waals surface area contributed by atoms with Crippen molar-refractivity contribution in [1.82, 2.24) is 9.78 Å². The predicted octanol–water partition coefficient (Wildman–Crippen LogP) is 3.53. The Bertz CT molecular complexity index is 514. The lowest BCUT2D eigenvalue weighted by molar-refractivity contribution is 0.683. The summed E-state index contributed by atoms with van der Waals surface area (Å²) in [5, 5.41) is 4.71. The summed E-state index contributed by atoms with van der Waals surface area (Å²) in [6, 6.07) is 10.1. The first kappa shape index (κ1) is 12.7. The Kier molecular flexibility index (Phi) is 3.70. The van der Waals surface area contributed by atoms with Crippen LogP contribution in [0.25, 0.3) is 5.69 Å². The third kappa shape index (κ3) is 2.13. The van der Waals surface area contributed by atoms with Crippen LogP contribution in [0, 0.1) is 0 Å². The molecule has 1 heterocycles. The van der Waals surface area contributed by atoms with E-state index in [9.17, 15) is 0 Å². The zero-order valence-electron chi connectivity index (χ0n) is 11.4. The quantitative estimate of drug-likeness (QED) is 0.892. The van der Waals surface area contributed by atoms with E-state index in [1.54, 1.807) is 0 Å². The van der Waals surface area contributed by atoms with Crippen LogP contribution in [0.1, 0.15) is 44.4 Å². The van der Waals surface area contributed by atoms with Crippen molar-refractivity contribution >= 4 is 5.82 Å². The number of aromatic nitrogens is 2. The van der Waals surface area contributed by atoms with Gasteiger partial charge in [-0.25, -0.2) is 4.68 Å². The molecular weight excluding hydrogens is 222 g/mol. The minimum absolute atomic E-state index is 0.451. The third-order valence-electron chi connectivity index (χ3n) is 3.49. The highest BCUT2D eigenvalue weighted by Gasteiger charge is 2.18. The van der Waals surface area contributed by atoms with Gasteiger partial charge in [-0.15, -0.1) is 0 Å². The molecule has 1 atom stereocenters. The van der Waals surface area contributed by atoms with Crippen LogP contribution in [0.3, 0.4) is 0 Å². The number of nitrogens with zero attached hydrogens (tertiary/aromatic N) is 2. The monoisotopic (exact) mass is 243 g/mol. The van der Waals surface area contributed by atoms with Crippen LogP contribution in [-0.2, 0) is 6.42 Å². The largest absolute Gasteiger partial charge is 0.383 e. The normalized spacial score (nSPS) is 12.6. The van der Waals surface area contributed by atoms with Gasteiger partial charge in [-0.05, 0) is 25.0 Å². The summed E-state index contributed by atoms with van der Waals surface area (Å²) >= 11 is 0. The fraction of sp³-hybridized carbons (Fsp3) is 0.400. The van der Waals surface area contributed by atoms with E-state index in [4.69, 9.17) is 10.8 Å². The van der Waals surface area contributed by atoms with Gasteiger partial charge < -0.3 is 5.73 Å². The van der Waals surface area contributed by atoms with E-state index < -0.39 is 0 Å². The molecule has 0 bridgehead atoms. The molecule has 0 saturated carbocycles. The maximum absolute atomic E-state index is 6.24. The molecule has 0 fully saturated rings. The number of benzene rings is 1. The molecule has 0 radical (unpaired) electrons. The summed E-state index contributed by atoms with van der Waals surface area (Å²) in [6.07, 6.45) is 2.01. The fourth-order valence-corrected chi connectivity index (χ4v) is 2.20. The van der Waals surface area contributed by atoms with Gasteiger partial charge in [0.1, 0.15) is 5.82 Å². The second-order valence-corrected chi connectivity index (χ2v) is 4.66. The van der Waals surface area contributed by atoms with Crippen molar-refractivity contribution in [2.45, 2.75) is 39.5 Å². The average Bonchev–Trinajstić information content (AvgIpc) is 2.75. The lowest BCUT2D eigenvalue weighted by Crippen LogP contribution is -2.02. The van der Waals surface area contributed by atoms with Gasteiger partial charge in [0.05, 0.1) is 11.4 Å². The van der Waals surface area contributed by atoms with E-state index in [0.717, 1.165) is 30.0 Å². The van der Waals surface area contributed by atoms with Crippen LogP contribution >= 0.6 is 0 Å². The SMILES string of the molecule is CCc1c(C(C)CC)nn(-c2ccccc2)c1N. The number of nitrogens with two attached hydrogens (primary N) is 1. The van der Waals surface area contributed by atoms with E-state index in [0.29, 0.717) is 5.92 Å². The van der Waals surface area contributed by atoms with Crippen LogP contribution in [0.15, 0.2) is 30.3 Å². The van der Waals surface area contributed by atoms with Crippen molar-refractivity contribution in [3.05, 3.63) is 41.6 Å². The smallest absolute Gasteiger partial charge is 0.130 e. The predicted molar refractivity (Wildman–Crippen MR) is 76.1 cm³/mol. The molecule has 2 rings (SSSR count). The molecule has 3 heteroatoms. The van der Waals surface area contributed by atoms with Gasteiger partial charge >= 0.3 is 0 Å². The van der Waals surface area contributed by atoms with Gasteiger partial charge in [-0.2, -0.15) is 5.10 Å². The highest BCUT2D eigenvalue weighted by molar-refractivity contribution is 5.50. The molecule has 1 aromatic heterocycles. The van der Waals surface area contributed by atoms with Gasteiger partial charge in [-0.1, -0.05) is 39.0 Å². The molecule has 0 saturated heterocycles. The highest BCUT2D eigenvalue weighted by Crippen LogP contribution is 2.28. The minimum Gasteiger partial charge on any atom is -0.383 e. The molecule has 0 spiro atoms. The third-order valence-corrected chi connectivity index (χ3v) is 3.49. The first-order valence-corrected chi connectivity index (χ1v) is 6.61. The van der Waals surface area contributed by atoms with Crippen molar-refractivity contribution in [3.8, 4) is 5.69 Å². The molecule has 3 nitrogen and oxygen atoms in total. The van der Waals surface area contributed by atoms with Gasteiger partial charge in [0.25, 0.3) is 0 Å². The van der Waals surface area contributed by atoms with Crippen LogP contribution in [0.5, 0.6) is 0 Å². The number of anilines is 1. The molecule has 0 aliphatic heterocycles. The van der Waals surface area contributed by atoms with Crippen molar-refractivity contribution in [2.24, 2.45) is 0 Å². The van der Waals surface area contributed by atoms with Gasteiger partial charge in [-0.3, -0.25) is 0 Å². The molecular formula is C15H21N3. The van der Waals surface area contributed by atoms with Crippen LogP contribution in [0.4, 0.5) is 5.82 Å². The van der Waals surface area contributed by atoms with Crippen molar-refractivity contribution < 1.29 is 0 Å². The second-order valence-electron chi connectivity index (χ2n) is 4.66. The zero-order chi connectivity index (χ0) is 13.1. The number of nitrogen functional groups attached to an aromatic ring is 1. The first-order valence-electron chi connectivity index (χ1n) is 6.61. The van der Waals surface area contributed by atoms with Crippen molar-refractivity contribution in [3.63, 3.8) is 0 Å². The fourth-order valence-electron chi connectivity index (χ4n) is 2.20. The van der Waals surface area contributed by atoms with Crippen molar-refractivity contribution in [1.29, 1.82) is 0 Å². The van der Waals surface area contributed by atoms with E-state index in [1.165, 1.54) is 5.56 Å². The number of hydrogen-bond donors (Lipinski definition) is 1. The Morgan fingerprint density at radius 1 is 1.22 bits per heavy atom. The molecule has 1 aromatic carbocycles. The number of para-hydroxylation sites is 1. The Morgan fingerprint density at radius 2 is 1.89 bits per heavy atom. The summed E-state index contributed by atoms with van der Waals surface area (Å²) in [5.74, 6) is 1.23. The average molecular weight is 243 g/mol.